The first-order valence-electron chi connectivity index (χ1n) is 5.23. The molecule has 0 unspecified atom stereocenters. The van der Waals surface area contributed by atoms with Gasteiger partial charge in [0.15, 0.2) is 0 Å². The Hall–Kier alpha value is -1.70. The van der Waals surface area contributed by atoms with Gasteiger partial charge in [0.1, 0.15) is 5.82 Å². The minimum Gasteiger partial charge on any atom is -0.385 e. The first-order valence-corrected chi connectivity index (χ1v) is 5.23. The molecule has 1 heterocycles. The minimum atomic E-state index is 0.827. The van der Waals surface area contributed by atoms with Crippen LogP contribution in [0.15, 0.2) is 36.5 Å². The largest absolute Gasteiger partial charge is 0.385 e. The van der Waals surface area contributed by atoms with Crippen molar-refractivity contribution in [2.75, 3.05) is 5.73 Å². The molecule has 0 aliphatic heterocycles. The van der Waals surface area contributed by atoms with E-state index in [-0.39, 0.29) is 0 Å². The summed E-state index contributed by atoms with van der Waals surface area (Å²) in [6.07, 6.45) is 2.10. The lowest BCUT2D eigenvalue weighted by Gasteiger charge is -1.99. The van der Waals surface area contributed by atoms with Gasteiger partial charge < -0.3 is 10.3 Å². The monoisotopic (exact) mass is 200 g/mol. The van der Waals surface area contributed by atoms with Crippen LogP contribution in [0.5, 0.6) is 0 Å². The van der Waals surface area contributed by atoms with Crippen molar-refractivity contribution in [3.63, 3.8) is 0 Å². The van der Waals surface area contributed by atoms with E-state index in [1.165, 1.54) is 16.7 Å². The van der Waals surface area contributed by atoms with E-state index in [2.05, 4.69) is 48.9 Å². The molecule has 0 aliphatic carbocycles. The van der Waals surface area contributed by atoms with E-state index in [4.69, 9.17) is 5.73 Å². The fraction of sp³-hybridized carbons (Fsp3) is 0.231. The summed E-state index contributed by atoms with van der Waals surface area (Å²) in [6.45, 7) is 5.10. The number of nitrogen functional groups attached to an aromatic ring is 1. The molecule has 0 radical (unpaired) electrons. The predicted molar refractivity (Wildman–Crippen MR) is 64.7 cm³/mol. The zero-order chi connectivity index (χ0) is 10.8. The van der Waals surface area contributed by atoms with Gasteiger partial charge in [-0.2, -0.15) is 0 Å². The first-order chi connectivity index (χ1) is 7.20. The van der Waals surface area contributed by atoms with Gasteiger partial charge in [-0.05, 0) is 25.5 Å². The lowest BCUT2D eigenvalue weighted by atomic mass is 10.1. The summed E-state index contributed by atoms with van der Waals surface area (Å²) in [5.74, 6) is 0.827. The van der Waals surface area contributed by atoms with E-state index >= 15 is 0 Å². The molecule has 2 nitrogen and oxygen atoms in total. The summed E-state index contributed by atoms with van der Waals surface area (Å²) in [5, 5.41) is 0. The molecule has 0 bridgehead atoms. The van der Waals surface area contributed by atoms with Crippen LogP contribution in [0.4, 0.5) is 5.82 Å². The summed E-state index contributed by atoms with van der Waals surface area (Å²) in [4.78, 5) is 0. The third-order valence-corrected chi connectivity index (χ3v) is 2.66. The topological polar surface area (TPSA) is 30.9 Å². The fourth-order valence-electron chi connectivity index (χ4n) is 1.70. The number of benzene rings is 1. The molecule has 15 heavy (non-hydrogen) atoms. The van der Waals surface area contributed by atoms with Crippen molar-refractivity contribution in [3.05, 3.63) is 42.1 Å². The van der Waals surface area contributed by atoms with Gasteiger partial charge in [0.25, 0.3) is 0 Å². The maximum Gasteiger partial charge on any atom is 0.103 e. The molecule has 0 saturated carbocycles. The number of nitrogens with zero attached hydrogens (tertiary/aromatic N) is 1. The molecule has 0 amide bonds. The molecule has 0 atom stereocenters. The van der Waals surface area contributed by atoms with Crippen LogP contribution >= 0.6 is 0 Å². The third-order valence-electron chi connectivity index (χ3n) is 2.66. The van der Waals surface area contributed by atoms with Crippen LogP contribution in [0.1, 0.15) is 12.5 Å². The highest BCUT2D eigenvalue weighted by Gasteiger charge is 2.03. The normalized spacial score (nSPS) is 10.5. The average Bonchev–Trinajstić information content (AvgIpc) is 2.61. The van der Waals surface area contributed by atoms with E-state index in [1.807, 2.05) is 6.07 Å². The smallest absolute Gasteiger partial charge is 0.103 e. The number of hydrogen-bond donors (Lipinski definition) is 1. The van der Waals surface area contributed by atoms with Crippen LogP contribution in [-0.4, -0.2) is 4.57 Å². The lowest BCUT2D eigenvalue weighted by Crippen LogP contribution is -1.97. The van der Waals surface area contributed by atoms with Crippen LogP contribution in [0, 0.1) is 6.92 Å². The second-order valence-corrected chi connectivity index (χ2v) is 3.81. The Morgan fingerprint density at radius 1 is 1.13 bits per heavy atom. The molecule has 2 aromatic rings. The van der Waals surface area contributed by atoms with Gasteiger partial charge >= 0.3 is 0 Å². The standard InChI is InChI=1S/C13H16N2/c1-3-15-9-12(8-13(15)14)11-6-4-10(2)5-7-11/h4-9H,3,14H2,1-2H3. The molecule has 0 saturated heterocycles. The minimum absolute atomic E-state index is 0.827. The van der Waals surface area contributed by atoms with E-state index < -0.39 is 0 Å². The third kappa shape index (κ3) is 1.89. The maximum absolute atomic E-state index is 5.88. The molecular weight excluding hydrogens is 184 g/mol. The molecule has 2 N–H and O–H groups in total. The van der Waals surface area contributed by atoms with Gasteiger partial charge in [0, 0.05) is 18.3 Å². The Morgan fingerprint density at radius 3 is 2.33 bits per heavy atom. The van der Waals surface area contributed by atoms with Crippen LogP contribution in [0.3, 0.4) is 0 Å². The SMILES string of the molecule is CCn1cc(-c2ccc(C)cc2)cc1N. The fourth-order valence-corrected chi connectivity index (χ4v) is 1.70. The molecular formula is C13H16N2. The van der Waals surface area contributed by atoms with E-state index in [0.717, 1.165) is 12.4 Å². The predicted octanol–water partition coefficient (Wildman–Crippen LogP) is 3.07. The van der Waals surface area contributed by atoms with Crippen molar-refractivity contribution < 1.29 is 0 Å². The van der Waals surface area contributed by atoms with Crippen molar-refractivity contribution in [2.45, 2.75) is 20.4 Å². The van der Waals surface area contributed by atoms with Gasteiger partial charge in [-0.3, -0.25) is 0 Å². The summed E-state index contributed by atoms with van der Waals surface area (Å²) in [5.41, 5.74) is 9.57. The summed E-state index contributed by atoms with van der Waals surface area (Å²) in [6, 6.07) is 10.5. The van der Waals surface area contributed by atoms with Crippen molar-refractivity contribution in [1.29, 1.82) is 0 Å². The van der Waals surface area contributed by atoms with Crippen LogP contribution in [-0.2, 0) is 6.54 Å². The number of aryl methyl sites for hydroxylation is 2. The second kappa shape index (κ2) is 3.81. The van der Waals surface area contributed by atoms with Gasteiger partial charge in [0.2, 0.25) is 0 Å². The van der Waals surface area contributed by atoms with E-state index in [1.54, 1.807) is 0 Å². The number of nitrogens with two attached hydrogens (primary N) is 1. The van der Waals surface area contributed by atoms with Crippen LogP contribution < -0.4 is 5.73 Å². The zero-order valence-electron chi connectivity index (χ0n) is 9.20. The van der Waals surface area contributed by atoms with E-state index in [9.17, 15) is 0 Å². The van der Waals surface area contributed by atoms with Crippen molar-refractivity contribution in [1.82, 2.24) is 4.57 Å². The molecule has 2 rings (SSSR count). The molecule has 1 aromatic carbocycles. The van der Waals surface area contributed by atoms with Crippen molar-refractivity contribution in [3.8, 4) is 11.1 Å². The lowest BCUT2D eigenvalue weighted by molar-refractivity contribution is 0.780. The Balaban J connectivity index is 2.41. The first kappa shape index (κ1) is 9.84. The highest BCUT2D eigenvalue weighted by Crippen LogP contribution is 2.23. The Morgan fingerprint density at radius 2 is 1.80 bits per heavy atom. The van der Waals surface area contributed by atoms with Gasteiger partial charge in [-0.25, -0.2) is 0 Å². The summed E-state index contributed by atoms with van der Waals surface area (Å²) in [7, 11) is 0. The summed E-state index contributed by atoms with van der Waals surface area (Å²) < 4.78 is 2.05. The van der Waals surface area contributed by atoms with Crippen molar-refractivity contribution >= 4 is 5.82 Å². The number of anilines is 1. The Kier molecular flexibility index (Phi) is 2.50. The van der Waals surface area contributed by atoms with Gasteiger partial charge in [0.05, 0.1) is 0 Å². The highest BCUT2D eigenvalue weighted by molar-refractivity contribution is 5.67. The average molecular weight is 200 g/mol. The zero-order valence-corrected chi connectivity index (χ0v) is 9.20. The summed E-state index contributed by atoms with van der Waals surface area (Å²) >= 11 is 0. The quantitative estimate of drug-likeness (QED) is 0.793. The number of rotatable bonds is 2. The molecule has 0 fully saturated rings. The molecule has 2 heteroatoms. The Bertz CT molecular complexity index is 452. The van der Waals surface area contributed by atoms with E-state index in [0.29, 0.717) is 0 Å². The Labute approximate surface area is 90.3 Å². The van der Waals surface area contributed by atoms with Crippen LogP contribution in [0.25, 0.3) is 11.1 Å². The van der Waals surface area contributed by atoms with Crippen LogP contribution in [0.2, 0.25) is 0 Å². The molecule has 1 aromatic heterocycles. The molecule has 78 valence electrons. The second-order valence-electron chi connectivity index (χ2n) is 3.81. The molecule has 0 aliphatic rings. The highest BCUT2D eigenvalue weighted by atomic mass is 15.0. The molecule has 0 spiro atoms. The van der Waals surface area contributed by atoms with Gasteiger partial charge in [-0.15, -0.1) is 0 Å². The van der Waals surface area contributed by atoms with Gasteiger partial charge in [-0.1, -0.05) is 29.8 Å². The number of hydrogen-bond acceptors (Lipinski definition) is 1. The van der Waals surface area contributed by atoms with Crippen molar-refractivity contribution in [2.24, 2.45) is 0 Å². The number of aromatic nitrogens is 1. The maximum atomic E-state index is 5.88.